The molecule has 1 fully saturated rings. The molecule has 3 rings (SSSR count). The normalized spacial score (nSPS) is 22.1. The zero-order valence-electron chi connectivity index (χ0n) is 12.4. The van der Waals surface area contributed by atoms with E-state index < -0.39 is 6.10 Å². The maximum atomic E-state index is 12.4. The van der Waals surface area contributed by atoms with E-state index in [9.17, 15) is 4.79 Å². The summed E-state index contributed by atoms with van der Waals surface area (Å²) in [4.78, 5) is 19.5. The second kappa shape index (κ2) is 5.85. The number of carbonyl (C=O) groups excluding carboxylic acids is 1. The molecule has 2 aliphatic heterocycles. The smallest absolute Gasteiger partial charge is 0.267 e. The highest BCUT2D eigenvalue weighted by Gasteiger charge is 2.33. The molecule has 0 aromatic carbocycles. The molecule has 1 amide bonds. The van der Waals surface area contributed by atoms with E-state index >= 15 is 0 Å². The Hall–Kier alpha value is -1.89. The van der Waals surface area contributed by atoms with E-state index in [2.05, 4.69) is 10.3 Å². The van der Waals surface area contributed by atoms with Gasteiger partial charge in [-0.25, -0.2) is 0 Å². The van der Waals surface area contributed by atoms with E-state index in [0.717, 1.165) is 23.5 Å². The first-order valence-corrected chi connectivity index (χ1v) is 7.32. The molecule has 0 radical (unpaired) electrons. The van der Waals surface area contributed by atoms with Gasteiger partial charge >= 0.3 is 0 Å². The number of carbonyl (C=O) groups is 1. The topological polar surface area (TPSA) is 69.0 Å². The molecule has 114 valence electrons. The highest BCUT2D eigenvalue weighted by atomic mass is 16.6. The highest BCUT2D eigenvalue weighted by molar-refractivity contribution is 6.04. The molecule has 0 spiro atoms. The van der Waals surface area contributed by atoms with Crippen molar-refractivity contribution in [3.05, 3.63) is 17.5 Å². The highest BCUT2D eigenvalue weighted by Crippen LogP contribution is 2.20. The lowest BCUT2D eigenvalue weighted by Crippen LogP contribution is -2.45. The summed E-state index contributed by atoms with van der Waals surface area (Å²) in [6.45, 7) is 7.23. The van der Waals surface area contributed by atoms with Gasteiger partial charge in [0.1, 0.15) is 0 Å². The third kappa shape index (κ3) is 2.78. The molecular weight excluding hydrogens is 272 g/mol. The molecule has 1 aromatic rings. The Morgan fingerprint density at radius 1 is 1.43 bits per heavy atom. The molecule has 1 saturated heterocycles. The Morgan fingerprint density at radius 2 is 2.19 bits per heavy atom. The molecule has 0 saturated carbocycles. The lowest BCUT2D eigenvalue weighted by Gasteiger charge is -2.28. The molecule has 21 heavy (non-hydrogen) atoms. The van der Waals surface area contributed by atoms with Crippen molar-refractivity contribution < 1.29 is 14.4 Å². The molecule has 0 aliphatic carbocycles. The minimum atomic E-state index is -0.512. The van der Waals surface area contributed by atoms with Gasteiger partial charge in [0.05, 0.1) is 24.6 Å². The fourth-order valence-corrected chi connectivity index (χ4v) is 2.62. The SMILES string of the molecule is CCn1cc(C2=NOC(C(=O)N3CCOCC3)C2)c(C)n1. The third-order valence-electron chi connectivity index (χ3n) is 3.85. The van der Waals surface area contributed by atoms with Crippen LogP contribution in [0.1, 0.15) is 24.6 Å². The Kier molecular flexibility index (Phi) is 3.92. The molecule has 0 N–H and O–H groups in total. The summed E-state index contributed by atoms with van der Waals surface area (Å²) in [7, 11) is 0. The minimum Gasteiger partial charge on any atom is -0.382 e. The summed E-state index contributed by atoms with van der Waals surface area (Å²) >= 11 is 0. The Morgan fingerprint density at radius 3 is 2.86 bits per heavy atom. The van der Waals surface area contributed by atoms with Crippen LogP contribution >= 0.6 is 0 Å². The number of amides is 1. The average molecular weight is 292 g/mol. The molecule has 0 bridgehead atoms. The largest absolute Gasteiger partial charge is 0.382 e. The predicted octanol–water partition coefficient (Wildman–Crippen LogP) is 0.563. The third-order valence-corrected chi connectivity index (χ3v) is 3.85. The van der Waals surface area contributed by atoms with Crippen LogP contribution < -0.4 is 0 Å². The monoisotopic (exact) mass is 292 g/mol. The summed E-state index contributed by atoms with van der Waals surface area (Å²) in [5.41, 5.74) is 2.69. The van der Waals surface area contributed by atoms with Crippen molar-refractivity contribution in [1.29, 1.82) is 0 Å². The first kappa shape index (κ1) is 14.1. The van der Waals surface area contributed by atoms with Gasteiger partial charge in [0.2, 0.25) is 6.10 Å². The molecule has 3 heterocycles. The van der Waals surface area contributed by atoms with Crippen molar-refractivity contribution >= 4 is 11.6 Å². The van der Waals surface area contributed by atoms with Gasteiger partial charge in [-0.15, -0.1) is 0 Å². The van der Waals surface area contributed by atoms with Crippen molar-refractivity contribution in [2.45, 2.75) is 32.9 Å². The summed E-state index contributed by atoms with van der Waals surface area (Å²) in [5.74, 6) is -0.00223. The zero-order valence-corrected chi connectivity index (χ0v) is 12.4. The second-order valence-electron chi connectivity index (χ2n) is 5.26. The lowest BCUT2D eigenvalue weighted by atomic mass is 10.1. The van der Waals surface area contributed by atoms with Gasteiger partial charge in [-0.05, 0) is 13.8 Å². The van der Waals surface area contributed by atoms with Crippen molar-refractivity contribution in [2.75, 3.05) is 26.3 Å². The van der Waals surface area contributed by atoms with Gasteiger partial charge < -0.3 is 14.5 Å². The summed E-state index contributed by atoms with van der Waals surface area (Å²) in [6.07, 6.45) is 1.95. The average Bonchev–Trinajstić information content (AvgIpc) is 3.13. The number of nitrogens with zero attached hydrogens (tertiary/aromatic N) is 4. The lowest BCUT2D eigenvalue weighted by molar-refractivity contribution is -0.146. The minimum absolute atomic E-state index is 0.00223. The van der Waals surface area contributed by atoms with Crippen LogP contribution in [0.25, 0.3) is 0 Å². The van der Waals surface area contributed by atoms with Crippen LogP contribution in [-0.2, 0) is 20.9 Å². The number of rotatable bonds is 3. The van der Waals surface area contributed by atoms with Crippen molar-refractivity contribution in [2.24, 2.45) is 5.16 Å². The van der Waals surface area contributed by atoms with Gasteiger partial charge in [-0.3, -0.25) is 9.48 Å². The summed E-state index contributed by atoms with van der Waals surface area (Å²) in [6, 6.07) is 0. The number of hydrogen-bond donors (Lipinski definition) is 0. The first-order valence-electron chi connectivity index (χ1n) is 7.32. The van der Waals surface area contributed by atoms with E-state index in [0.29, 0.717) is 32.7 Å². The maximum absolute atomic E-state index is 12.4. The fraction of sp³-hybridized carbons (Fsp3) is 0.643. The number of aromatic nitrogens is 2. The maximum Gasteiger partial charge on any atom is 0.267 e. The van der Waals surface area contributed by atoms with Crippen LogP contribution in [0.2, 0.25) is 0 Å². The van der Waals surface area contributed by atoms with Gasteiger partial charge in [-0.1, -0.05) is 5.16 Å². The number of aryl methyl sites for hydroxylation is 2. The number of morpholine rings is 1. The van der Waals surface area contributed by atoms with Crippen LogP contribution in [0.3, 0.4) is 0 Å². The van der Waals surface area contributed by atoms with E-state index in [1.54, 1.807) is 4.90 Å². The van der Waals surface area contributed by atoms with E-state index in [-0.39, 0.29) is 5.91 Å². The second-order valence-corrected chi connectivity index (χ2v) is 5.26. The van der Waals surface area contributed by atoms with Gasteiger partial charge in [0, 0.05) is 37.8 Å². The molecule has 7 heteroatoms. The standard InChI is InChI=1S/C14H20N4O3/c1-3-18-9-11(10(2)15-18)12-8-13(21-16-12)14(19)17-4-6-20-7-5-17/h9,13H,3-8H2,1-2H3. The molecule has 1 unspecified atom stereocenters. The van der Waals surface area contributed by atoms with Gasteiger partial charge in [-0.2, -0.15) is 5.10 Å². The quantitative estimate of drug-likeness (QED) is 0.816. The number of ether oxygens (including phenoxy) is 1. The molecule has 7 nitrogen and oxygen atoms in total. The summed E-state index contributed by atoms with van der Waals surface area (Å²) < 4.78 is 7.12. The van der Waals surface area contributed by atoms with Crippen molar-refractivity contribution in [1.82, 2.24) is 14.7 Å². The summed E-state index contributed by atoms with van der Waals surface area (Å²) in [5, 5.41) is 8.50. The zero-order chi connectivity index (χ0) is 14.8. The van der Waals surface area contributed by atoms with Crippen LogP contribution in [0.4, 0.5) is 0 Å². The van der Waals surface area contributed by atoms with Crippen LogP contribution in [-0.4, -0.2) is 58.7 Å². The number of hydrogen-bond acceptors (Lipinski definition) is 5. The Labute approximate surface area is 123 Å². The van der Waals surface area contributed by atoms with Gasteiger partial charge in [0.25, 0.3) is 5.91 Å². The van der Waals surface area contributed by atoms with E-state index in [1.807, 2.05) is 24.7 Å². The molecule has 1 atom stereocenters. The van der Waals surface area contributed by atoms with Crippen LogP contribution in [0.15, 0.2) is 11.4 Å². The fourth-order valence-electron chi connectivity index (χ4n) is 2.62. The Balaban J connectivity index is 1.66. The van der Waals surface area contributed by atoms with E-state index in [4.69, 9.17) is 9.57 Å². The Bertz CT molecular complexity index is 561. The van der Waals surface area contributed by atoms with E-state index in [1.165, 1.54) is 0 Å². The first-order chi connectivity index (χ1) is 10.2. The predicted molar refractivity (Wildman–Crippen MR) is 76.1 cm³/mol. The molecule has 1 aromatic heterocycles. The van der Waals surface area contributed by atoms with Gasteiger partial charge in [0.15, 0.2) is 0 Å². The van der Waals surface area contributed by atoms with Crippen molar-refractivity contribution in [3.8, 4) is 0 Å². The van der Waals surface area contributed by atoms with Crippen LogP contribution in [0.5, 0.6) is 0 Å². The number of oxime groups is 1. The van der Waals surface area contributed by atoms with Crippen LogP contribution in [0, 0.1) is 6.92 Å². The molecular formula is C14H20N4O3. The van der Waals surface area contributed by atoms with Crippen molar-refractivity contribution in [3.63, 3.8) is 0 Å². The molecule has 2 aliphatic rings.